The summed E-state index contributed by atoms with van der Waals surface area (Å²) < 4.78 is 24.5. The lowest BCUT2D eigenvalue weighted by Gasteiger charge is -2.05. The molecule has 0 aromatic carbocycles. The Morgan fingerprint density at radius 1 is 1.62 bits per heavy atom. The minimum atomic E-state index is -2.79. The molecule has 0 saturated carbocycles. The number of nitrogens with two attached hydrogens (primary N) is 1. The zero-order valence-corrected chi connectivity index (χ0v) is 7.05. The topological polar surface area (TPSA) is 56.0 Å². The molecule has 13 heavy (non-hydrogen) atoms. The number of alkyl halides is 2. The van der Waals surface area contributed by atoms with Gasteiger partial charge in [0.2, 0.25) is 0 Å². The van der Waals surface area contributed by atoms with Crippen LogP contribution in [-0.4, -0.2) is 11.3 Å². The van der Waals surface area contributed by atoms with Crippen molar-refractivity contribution in [3.05, 3.63) is 22.3 Å². The third kappa shape index (κ3) is 1.92. The number of halogens is 3. The molecule has 70 valence electrons. The average Bonchev–Trinajstić information content (AvgIpc) is 2.02. The second kappa shape index (κ2) is 3.66. The van der Waals surface area contributed by atoms with Gasteiger partial charge in [-0.05, 0) is 6.07 Å². The van der Waals surface area contributed by atoms with Crippen LogP contribution in [0, 0.1) is 0 Å². The minimum absolute atomic E-state index is 0.154. The lowest BCUT2D eigenvalue weighted by Crippen LogP contribution is -2.02. The molecule has 3 nitrogen and oxygen atoms in total. The predicted molar refractivity (Wildman–Crippen MR) is 44.0 cm³/mol. The van der Waals surface area contributed by atoms with Gasteiger partial charge in [-0.15, -0.1) is 0 Å². The van der Waals surface area contributed by atoms with E-state index in [1.54, 1.807) is 0 Å². The molecule has 1 aromatic rings. The summed E-state index contributed by atoms with van der Waals surface area (Å²) in [7, 11) is 0. The number of aromatic nitrogens is 1. The van der Waals surface area contributed by atoms with Crippen LogP contribution in [0.2, 0.25) is 5.15 Å². The van der Waals surface area contributed by atoms with Crippen LogP contribution < -0.4 is 5.73 Å². The Balaban J connectivity index is 3.38. The molecule has 0 unspecified atom stereocenters. The summed E-state index contributed by atoms with van der Waals surface area (Å²) in [6, 6.07) is 0.923. The summed E-state index contributed by atoms with van der Waals surface area (Å²) >= 11 is 5.38. The lowest BCUT2D eigenvalue weighted by molar-refractivity contribution is 0.110. The van der Waals surface area contributed by atoms with E-state index >= 15 is 0 Å². The fraction of sp³-hybridized carbons (Fsp3) is 0.143. The van der Waals surface area contributed by atoms with E-state index in [1.165, 1.54) is 0 Å². The SMILES string of the molecule is Nc1nc(Cl)cc(C(F)F)c1C=O. The van der Waals surface area contributed by atoms with E-state index in [4.69, 9.17) is 17.3 Å². The highest BCUT2D eigenvalue weighted by Crippen LogP contribution is 2.26. The summed E-state index contributed by atoms with van der Waals surface area (Å²) in [5.41, 5.74) is 4.41. The van der Waals surface area contributed by atoms with E-state index < -0.39 is 12.0 Å². The first kappa shape index (κ1) is 9.85. The number of anilines is 1. The number of pyridine rings is 1. The minimum Gasteiger partial charge on any atom is -0.383 e. The molecule has 0 spiro atoms. The molecule has 0 amide bonds. The fourth-order valence-corrected chi connectivity index (χ4v) is 1.08. The summed E-state index contributed by atoms with van der Waals surface area (Å²) in [5, 5.41) is -0.154. The molecule has 1 heterocycles. The summed E-state index contributed by atoms with van der Waals surface area (Å²) in [4.78, 5) is 13.8. The van der Waals surface area contributed by atoms with Gasteiger partial charge >= 0.3 is 0 Å². The average molecular weight is 207 g/mol. The van der Waals surface area contributed by atoms with Crippen LogP contribution in [0.4, 0.5) is 14.6 Å². The maximum Gasteiger partial charge on any atom is 0.264 e. The number of hydrogen-bond donors (Lipinski definition) is 1. The van der Waals surface area contributed by atoms with Gasteiger partial charge in [0.25, 0.3) is 6.43 Å². The molecule has 1 rings (SSSR count). The predicted octanol–water partition coefficient (Wildman–Crippen LogP) is 2.07. The van der Waals surface area contributed by atoms with Crippen LogP contribution in [-0.2, 0) is 0 Å². The number of carbonyl (C=O) groups is 1. The summed E-state index contributed by atoms with van der Waals surface area (Å²) in [6.45, 7) is 0. The molecule has 2 N–H and O–H groups in total. The molecule has 0 aliphatic rings. The molecule has 0 bridgehead atoms. The molecule has 0 aliphatic carbocycles. The van der Waals surface area contributed by atoms with Crippen molar-refractivity contribution in [2.75, 3.05) is 5.73 Å². The largest absolute Gasteiger partial charge is 0.383 e. The van der Waals surface area contributed by atoms with Gasteiger partial charge in [0.1, 0.15) is 11.0 Å². The van der Waals surface area contributed by atoms with Gasteiger partial charge in [-0.1, -0.05) is 11.6 Å². The molecular formula is C7H5ClF2N2O. The van der Waals surface area contributed by atoms with E-state index in [2.05, 4.69) is 4.98 Å². The Hall–Kier alpha value is -1.23. The Bertz CT molecular complexity index is 344. The van der Waals surface area contributed by atoms with Gasteiger partial charge in [0, 0.05) is 5.56 Å². The number of aldehydes is 1. The van der Waals surface area contributed by atoms with E-state index in [1.807, 2.05) is 0 Å². The molecular weight excluding hydrogens is 202 g/mol. The van der Waals surface area contributed by atoms with E-state index in [0.717, 1.165) is 6.07 Å². The normalized spacial score (nSPS) is 10.5. The van der Waals surface area contributed by atoms with Crippen molar-refractivity contribution in [1.82, 2.24) is 4.98 Å². The highest BCUT2D eigenvalue weighted by atomic mass is 35.5. The zero-order valence-electron chi connectivity index (χ0n) is 6.30. The number of nitrogen functional groups attached to an aromatic ring is 1. The van der Waals surface area contributed by atoms with Crippen LogP contribution in [0.5, 0.6) is 0 Å². The maximum absolute atomic E-state index is 12.3. The molecule has 0 fully saturated rings. The van der Waals surface area contributed by atoms with Crippen molar-refractivity contribution >= 4 is 23.7 Å². The quantitative estimate of drug-likeness (QED) is 0.595. The van der Waals surface area contributed by atoms with Gasteiger partial charge in [-0.3, -0.25) is 4.79 Å². The molecule has 0 radical (unpaired) electrons. The van der Waals surface area contributed by atoms with Crippen molar-refractivity contribution in [3.8, 4) is 0 Å². The Labute approximate surface area is 77.5 Å². The van der Waals surface area contributed by atoms with Crippen LogP contribution in [0.25, 0.3) is 0 Å². The van der Waals surface area contributed by atoms with Gasteiger partial charge in [-0.2, -0.15) is 0 Å². The van der Waals surface area contributed by atoms with Crippen molar-refractivity contribution in [2.24, 2.45) is 0 Å². The van der Waals surface area contributed by atoms with E-state index in [0.29, 0.717) is 0 Å². The number of nitrogens with zero attached hydrogens (tertiary/aromatic N) is 1. The van der Waals surface area contributed by atoms with Crippen molar-refractivity contribution in [3.63, 3.8) is 0 Å². The monoisotopic (exact) mass is 206 g/mol. The number of hydrogen-bond acceptors (Lipinski definition) is 3. The molecule has 0 saturated heterocycles. The molecule has 0 atom stereocenters. The lowest BCUT2D eigenvalue weighted by atomic mass is 10.1. The molecule has 6 heteroatoms. The third-order valence-corrected chi connectivity index (χ3v) is 1.64. The maximum atomic E-state index is 12.3. The van der Waals surface area contributed by atoms with Crippen LogP contribution in [0.15, 0.2) is 6.07 Å². The first-order valence-corrected chi connectivity index (χ1v) is 3.63. The van der Waals surface area contributed by atoms with Crippen molar-refractivity contribution in [2.45, 2.75) is 6.43 Å². The van der Waals surface area contributed by atoms with E-state index in [-0.39, 0.29) is 22.8 Å². The number of rotatable bonds is 2. The summed E-state index contributed by atoms with van der Waals surface area (Å²) in [6.07, 6.45) is -2.55. The second-order valence-electron chi connectivity index (χ2n) is 2.25. The van der Waals surface area contributed by atoms with Crippen LogP contribution >= 0.6 is 11.6 Å². The van der Waals surface area contributed by atoms with Gasteiger partial charge < -0.3 is 5.73 Å². The Morgan fingerprint density at radius 2 is 2.23 bits per heavy atom. The standard InChI is InChI=1S/C7H5ClF2N2O/c8-5-1-3(6(9)10)4(2-13)7(11)12-5/h1-2,6H,(H2,11,12). The van der Waals surface area contributed by atoms with Gasteiger partial charge in [0.15, 0.2) is 6.29 Å². The molecule has 1 aromatic heterocycles. The first-order valence-electron chi connectivity index (χ1n) is 3.25. The number of carbonyl (C=O) groups excluding carboxylic acids is 1. The Kier molecular flexibility index (Phi) is 2.77. The second-order valence-corrected chi connectivity index (χ2v) is 2.64. The van der Waals surface area contributed by atoms with Crippen molar-refractivity contribution < 1.29 is 13.6 Å². The van der Waals surface area contributed by atoms with Crippen LogP contribution in [0.3, 0.4) is 0 Å². The smallest absolute Gasteiger partial charge is 0.264 e. The van der Waals surface area contributed by atoms with Gasteiger partial charge in [0.05, 0.1) is 5.56 Å². The van der Waals surface area contributed by atoms with Crippen LogP contribution in [0.1, 0.15) is 22.3 Å². The third-order valence-electron chi connectivity index (χ3n) is 1.44. The van der Waals surface area contributed by atoms with Crippen molar-refractivity contribution in [1.29, 1.82) is 0 Å². The molecule has 0 aliphatic heterocycles. The van der Waals surface area contributed by atoms with Gasteiger partial charge in [-0.25, -0.2) is 13.8 Å². The summed E-state index contributed by atoms with van der Waals surface area (Å²) in [5.74, 6) is -0.280. The Morgan fingerprint density at radius 3 is 2.69 bits per heavy atom. The highest BCUT2D eigenvalue weighted by molar-refractivity contribution is 6.29. The fourth-order valence-electron chi connectivity index (χ4n) is 0.870. The first-order chi connectivity index (χ1) is 6.06. The van der Waals surface area contributed by atoms with E-state index in [9.17, 15) is 13.6 Å². The highest BCUT2D eigenvalue weighted by Gasteiger charge is 2.16. The zero-order chi connectivity index (χ0) is 10.0.